The number of hydrogen-bond acceptors (Lipinski definition) is 3. The van der Waals surface area contributed by atoms with Gasteiger partial charge < -0.3 is 10.2 Å². The SMILES string of the molecule is CNC(=O)[C@H](Cc1ccccc1)N(Cc1ccccc1)C(=O)CCCSc1ccc(Cl)cc1. The van der Waals surface area contributed by atoms with Crippen molar-refractivity contribution in [2.24, 2.45) is 0 Å². The summed E-state index contributed by atoms with van der Waals surface area (Å²) in [6.45, 7) is 0.398. The molecule has 0 aliphatic rings. The molecule has 0 spiro atoms. The first-order valence-electron chi connectivity index (χ1n) is 11.0. The molecule has 0 saturated carbocycles. The number of rotatable bonds is 11. The lowest BCUT2D eigenvalue weighted by atomic mass is 10.0. The second-order valence-corrected chi connectivity index (χ2v) is 9.34. The number of amides is 2. The van der Waals surface area contributed by atoms with Crippen LogP contribution in [0.5, 0.6) is 0 Å². The van der Waals surface area contributed by atoms with Gasteiger partial charge in [-0.15, -0.1) is 11.8 Å². The Morgan fingerprint density at radius 3 is 2.12 bits per heavy atom. The Bertz CT molecular complexity index is 1010. The molecule has 0 aromatic heterocycles. The summed E-state index contributed by atoms with van der Waals surface area (Å²) >= 11 is 7.65. The van der Waals surface area contributed by atoms with Crippen molar-refractivity contribution < 1.29 is 9.59 Å². The van der Waals surface area contributed by atoms with Crippen molar-refractivity contribution in [3.8, 4) is 0 Å². The summed E-state index contributed by atoms with van der Waals surface area (Å²) in [5.74, 6) is 0.648. The smallest absolute Gasteiger partial charge is 0.242 e. The van der Waals surface area contributed by atoms with E-state index in [2.05, 4.69) is 5.32 Å². The second kappa shape index (κ2) is 13.1. The van der Waals surface area contributed by atoms with Gasteiger partial charge in [-0.2, -0.15) is 0 Å². The molecule has 0 aliphatic carbocycles. The van der Waals surface area contributed by atoms with Crippen molar-refractivity contribution in [3.05, 3.63) is 101 Å². The standard InChI is InChI=1S/C27H29ClN2O2S/c1-29-27(32)25(19-21-9-4-2-5-10-21)30(20-22-11-6-3-7-12-22)26(31)13-8-18-33-24-16-14-23(28)15-17-24/h2-7,9-12,14-17,25H,8,13,18-20H2,1H3,(H,29,32)/t25-/m0/s1. The van der Waals surface area contributed by atoms with Crippen LogP contribution in [-0.2, 0) is 22.6 Å². The molecule has 172 valence electrons. The number of halogens is 1. The van der Waals surface area contributed by atoms with Gasteiger partial charge in [-0.1, -0.05) is 72.3 Å². The van der Waals surface area contributed by atoms with E-state index in [1.165, 1.54) is 0 Å². The van der Waals surface area contributed by atoms with Gasteiger partial charge in [0.25, 0.3) is 0 Å². The summed E-state index contributed by atoms with van der Waals surface area (Å²) < 4.78 is 0. The lowest BCUT2D eigenvalue weighted by molar-refractivity contribution is -0.141. The fourth-order valence-corrected chi connectivity index (χ4v) is 4.57. The van der Waals surface area contributed by atoms with E-state index in [1.54, 1.807) is 23.7 Å². The number of nitrogens with zero attached hydrogens (tertiary/aromatic N) is 1. The summed E-state index contributed by atoms with van der Waals surface area (Å²) in [6.07, 6.45) is 1.58. The molecule has 33 heavy (non-hydrogen) atoms. The number of hydrogen-bond donors (Lipinski definition) is 1. The lowest BCUT2D eigenvalue weighted by Crippen LogP contribution is -2.49. The first kappa shape index (κ1) is 24.9. The number of nitrogens with one attached hydrogen (secondary N) is 1. The molecule has 0 bridgehead atoms. The van der Waals surface area contributed by atoms with E-state index < -0.39 is 6.04 Å². The minimum atomic E-state index is -0.575. The molecule has 0 radical (unpaired) electrons. The molecular formula is C27H29ClN2O2S. The summed E-state index contributed by atoms with van der Waals surface area (Å²) in [4.78, 5) is 29.1. The molecule has 2 amide bonds. The zero-order valence-corrected chi connectivity index (χ0v) is 20.3. The first-order chi connectivity index (χ1) is 16.1. The van der Waals surface area contributed by atoms with Crippen LogP contribution in [0.2, 0.25) is 5.02 Å². The van der Waals surface area contributed by atoms with Crippen molar-refractivity contribution in [1.82, 2.24) is 10.2 Å². The normalized spacial score (nSPS) is 11.6. The quantitative estimate of drug-likeness (QED) is 0.287. The van der Waals surface area contributed by atoms with Gasteiger partial charge in [-0.05, 0) is 47.6 Å². The molecule has 0 heterocycles. The summed E-state index contributed by atoms with van der Waals surface area (Å²) in [5.41, 5.74) is 2.03. The monoisotopic (exact) mass is 480 g/mol. The van der Waals surface area contributed by atoms with Crippen LogP contribution in [0, 0.1) is 0 Å². The van der Waals surface area contributed by atoms with Gasteiger partial charge in [-0.25, -0.2) is 0 Å². The van der Waals surface area contributed by atoms with Crippen LogP contribution in [0.1, 0.15) is 24.0 Å². The summed E-state index contributed by atoms with van der Waals surface area (Å²) in [7, 11) is 1.62. The third kappa shape index (κ3) is 7.95. The topological polar surface area (TPSA) is 49.4 Å². The zero-order valence-electron chi connectivity index (χ0n) is 18.7. The Hall–Kier alpha value is -2.76. The maximum Gasteiger partial charge on any atom is 0.242 e. The highest BCUT2D eigenvalue weighted by Gasteiger charge is 2.29. The molecule has 6 heteroatoms. The number of thioether (sulfide) groups is 1. The zero-order chi connectivity index (χ0) is 23.5. The van der Waals surface area contributed by atoms with Crippen LogP contribution in [-0.4, -0.2) is 35.6 Å². The van der Waals surface area contributed by atoms with Gasteiger partial charge in [-0.3, -0.25) is 9.59 Å². The molecule has 3 aromatic rings. The van der Waals surface area contributed by atoms with Gasteiger partial charge in [0.1, 0.15) is 6.04 Å². The molecule has 0 fully saturated rings. The predicted molar refractivity (Wildman–Crippen MR) is 136 cm³/mol. The van der Waals surface area contributed by atoms with Crippen LogP contribution in [0.25, 0.3) is 0 Å². The average molecular weight is 481 g/mol. The molecule has 0 unspecified atom stereocenters. The molecule has 1 N–H and O–H groups in total. The maximum atomic E-state index is 13.4. The molecule has 3 aromatic carbocycles. The van der Waals surface area contributed by atoms with E-state index in [0.29, 0.717) is 24.4 Å². The van der Waals surface area contributed by atoms with Crippen LogP contribution >= 0.6 is 23.4 Å². The Kier molecular flexibility index (Phi) is 9.85. The molecule has 0 saturated heterocycles. The average Bonchev–Trinajstić information content (AvgIpc) is 2.85. The van der Waals surface area contributed by atoms with E-state index in [9.17, 15) is 9.59 Å². The first-order valence-corrected chi connectivity index (χ1v) is 12.4. The fraction of sp³-hybridized carbons (Fsp3) is 0.259. The van der Waals surface area contributed by atoms with Gasteiger partial charge in [0, 0.05) is 36.4 Å². The van der Waals surface area contributed by atoms with E-state index >= 15 is 0 Å². The molecule has 0 aliphatic heterocycles. The molecule has 4 nitrogen and oxygen atoms in total. The van der Waals surface area contributed by atoms with E-state index in [-0.39, 0.29) is 11.8 Å². The Morgan fingerprint density at radius 2 is 1.52 bits per heavy atom. The Balaban J connectivity index is 1.71. The molecule has 3 rings (SSSR count). The van der Waals surface area contributed by atoms with Gasteiger partial charge >= 0.3 is 0 Å². The highest BCUT2D eigenvalue weighted by Crippen LogP contribution is 2.22. The fourth-order valence-electron chi connectivity index (χ4n) is 3.59. The predicted octanol–water partition coefficient (Wildman–Crippen LogP) is 5.60. The van der Waals surface area contributed by atoms with E-state index in [1.807, 2.05) is 84.9 Å². The minimum absolute atomic E-state index is 0.0138. The minimum Gasteiger partial charge on any atom is -0.357 e. The Morgan fingerprint density at radius 1 is 0.909 bits per heavy atom. The summed E-state index contributed by atoms with van der Waals surface area (Å²) in [5, 5.41) is 3.46. The highest BCUT2D eigenvalue weighted by atomic mass is 35.5. The highest BCUT2D eigenvalue weighted by molar-refractivity contribution is 7.99. The van der Waals surface area contributed by atoms with Crippen LogP contribution in [0.15, 0.2) is 89.8 Å². The van der Waals surface area contributed by atoms with Gasteiger partial charge in [0.15, 0.2) is 0 Å². The molecule has 1 atom stereocenters. The van der Waals surface area contributed by atoms with Crippen LogP contribution < -0.4 is 5.32 Å². The maximum absolute atomic E-state index is 13.4. The van der Waals surface area contributed by atoms with Crippen molar-refractivity contribution >= 4 is 35.2 Å². The molecular weight excluding hydrogens is 452 g/mol. The van der Waals surface area contributed by atoms with E-state index in [0.717, 1.165) is 28.2 Å². The number of carbonyl (C=O) groups is 2. The van der Waals surface area contributed by atoms with Crippen molar-refractivity contribution in [3.63, 3.8) is 0 Å². The van der Waals surface area contributed by atoms with Gasteiger partial charge in [0.05, 0.1) is 0 Å². The van der Waals surface area contributed by atoms with Crippen LogP contribution in [0.4, 0.5) is 0 Å². The summed E-state index contributed by atoms with van der Waals surface area (Å²) in [6, 6.07) is 26.8. The lowest BCUT2D eigenvalue weighted by Gasteiger charge is -2.31. The number of likely N-dealkylation sites (N-methyl/N-ethyl adjacent to an activating group) is 1. The second-order valence-electron chi connectivity index (χ2n) is 7.73. The van der Waals surface area contributed by atoms with Crippen molar-refractivity contribution in [1.29, 1.82) is 0 Å². The third-order valence-electron chi connectivity index (χ3n) is 5.33. The Labute approximate surface area is 205 Å². The van der Waals surface area contributed by atoms with Crippen molar-refractivity contribution in [2.75, 3.05) is 12.8 Å². The van der Waals surface area contributed by atoms with E-state index in [4.69, 9.17) is 11.6 Å². The number of benzene rings is 3. The number of carbonyl (C=O) groups excluding carboxylic acids is 2. The van der Waals surface area contributed by atoms with Crippen LogP contribution in [0.3, 0.4) is 0 Å². The third-order valence-corrected chi connectivity index (χ3v) is 6.68. The van der Waals surface area contributed by atoms with Crippen molar-refractivity contribution in [2.45, 2.75) is 36.7 Å². The van der Waals surface area contributed by atoms with Gasteiger partial charge in [0.2, 0.25) is 11.8 Å². The largest absolute Gasteiger partial charge is 0.357 e.